The van der Waals surface area contributed by atoms with Crippen LogP contribution in [0.4, 0.5) is 5.69 Å². The second kappa shape index (κ2) is 8.16. The smallest absolute Gasteiger partial charge is 0.265 e. The molecular formula is C20H22N2O2. The van der Waals surface area contributed by atoms with Crippen LogP contribution in [-0.4, -0.2) is 12.0 Å². The van der Waals surface area contributed by atoms with Crippen LogP contribution in [0.3, 0.4) is 0 Å². The number of amides is 1. The maximum atomic E-state index is 12.5. The molecule has 2 aromatic carbocycles. The van der Waals surface area contributed by atoms with Gasteiger partial charge >= 0.3 is 0 Å². The molecule has 24 heavy (non-hydrogen) atoms. The Hall–Kier alpha value is -2.80. The van der Waals surface area contributed by atoms with Gasteiger partial charge in [0.05, 0.1) is 12.5 Å². The van der Waals surface area contributed by atoms with Crippen molar-refractivity contribution in [2.45, 2.75) is 39.7 Å². The lowest BCUT2D eigenvalue weighted by molar-refractivity contribution is -0.122. The van der Waals surface area contributed by atoms with Crippen LogP contribution in [0.5, 0.6) is 5.75 Å². The lowest BCUT2D eigenvalue weighted by Crippen LogP contribution is -2.32. The van der Waals surface area contributed by atoms with Gasteiger partial charge in [-0.05, 0) is 55.2 Å². The van der Waals surface area contributed by atoms with Crippen molar-refractivity contribution in [3.8, 4) is 11.8 Å². The van der Waals surface area contributed by atoms with Crippen molar-refractivity contribution in [2.24, 2.45) is 0 Å². The van der Waals surface area contributed by atoms with E-state index in [-0.39, 0.29) is 5.91 Å². The van der Waals surface area contributed by atoms with Gasteiger partial charge in [0.25, 0.3) is 5.91 Å². The minimum atomic E-state index is -0.552. The zero-order valence-corrected chi connectivity index (χ0v) is 14.3. The SMILES string of the molecule is CC[C@@H](Oc1cccc(C)c1C)C(=O)Nc1ccc(CC#N)cc1. The maximum absolute atomic E-state index is 12.5. The average molecular weight is 322 g/mol. The van der Waals surface area contributed by atoms with Crippen molar-refractivity contribution >= 4 is 11.6 Å². The lowest BCUT2D eigenvalue weighted by Gasteiger charge is -2.19. The van der Waals surface area contributed by atoms with Crippen molar-refractivity contribution in [3.63, 3.8) is 0 Å². The molecule has 0 unspecified atom stereocenters. The maximum Gasteiger partial charge on any atom is 0.265 e. The Morgan fingerprint density at radius 2 is 1.92 bits per heavy atom. The van der Waals surface area contributed by atoms with Crippen LogP contribution in [0.25, 0.3) is 0 Å². The van der Waals surface area contributed by atoms with Crippen LogP contribution in [0.15, 0.2) is 42.5 Å². The zero-order chi connectivity index (χ0) is 17.5. The zero-order valence-electron chi connectivity index (χ0n) is 14.3. The molecule has 0 spiro atoms. The van der Waals surface area contributed by atoms with Gasteiger partial charge in [-0.2, -0.15) is 5.26 Å². The summed E-state index contributed by atoms with van der Waals surface area (Å²) >= 11 is 0. The molecule has 2 rings (SSSR count). The minimum absolute atomic E-state index is 0.175. The summed E-state index contributed by atoms with van der Waals surface area (Å²) in [6, 6.07) is 15.2. The molecule has 1 atom stereocenters. The summed E-state index contributed by atoms with van der Waals surface area (Å²) in [6.07, 6.45) is 0.386. The summed E-state index contributed by atoms with van der Waals surface area (Å²) < 4.78 is 5.92. The molecule has 124 valence electrons. The van der Waals surface area contributed by atoms with Crippen molar-refractivity contribution in [2.75, 3.05) is 5.32 Å². The Kier molecular flexibility index (Phi) is 5.97. The van der Waals surface area contributed by atoms with Crippen molar-refractivity contribution in [1.82, 2.24) is 0 Å². The number of hydrogen-bond donors (Lipinski definition) is 1. The summed E-state index contributed by atoms with van der Waals surface area (Å²) in [5.74, 6) is 0.563. The number of carbonyl (C=O) groups excluding carboxylic acids is 1. The van der Waals surface area contributed by atoms with Crippen LogP contribution < -0.4 is 10.1 Å². The second-order valence-corrected chi connectivity index (χ2v) is 5.73. The van der Waals surface area contributed by atoms with Crippen LogP contribution in [0, 0.1) is 25.2 Å². The predicted octanol–water partition coefficient (Wildman–Crippen LogP) is 4.17. The molecule has 1 N–H and O–H groups in total. The molecule has 0 fully saturated rings. The van der Waals surface area contributed by atoms with Gasteiger partial charge in [0.2, 0.25) is 0 Å². The Bertz CT molecular complexity index is 745. The van der Waals surface area contributed by atoms with E-state index in [1.165, 1.54) is 0 Å². The average Bonchev–Trinajstić information content (AvgIpc) is 2.58. The van der Waals surface area contributed by atoms with E-state index in [1.807, 2.05) is 51.1 Å². The number of hydrogen-bond acceptors (Lipinski definition) is 3. The quantitative estimate of drug-likeness (QED) is 0.868. The summed E-state index contributed by atoms with van der Waals surface area (Å²) in [7, 11) is 0. The fraction of sp³-hybridized carbons (Fsp3) is 0.300. The number of ether oxygens (including phenoxy) is 1. The standard InChI is InChI=1S/C20H22N2O2/c1-4-18(24-19-7-5-6-14(2)15(19)3)20(23)22-17-10-8-16(9-11-17)12-13-21/h5-11,18H,4,12H2,1-3H3,(H,22,23)/t18-/m1/s1. The molecule has 0 heterocycles. The number of nitrogens with zero attached hydrogens (tertiary/aromatic N) is 1. The van der Waals surface area contributed by atoms with Gasteiger partial charge in [0, 0.05) is 5.69 Å². The van der Waals surface area contributed by atoms with E-state index in [0.29, 0.717) is 18.5 Å². The molecule has 0 radical (unpaired) electrons. The van der Waals surface area contributed by atoms with E-state index < -0.39 is 6.10 Å². The van der Waals surface area contributed by atoms with Crippen molar-refractivity contribution < 1.29 is 9.53 Å². The Morgan fingerprint density at radius 1 is 1.21 bits per heavy atom. The monoisotopic (exact) mass is 322 g/mol. The van der Waals surface area contributed by atoms with Gasteiger partial charge in [0.15, 0.2) is 6.10 Å². The first-order chi connectivity index (χ1) is 11.5. The third kappa shape index (κ3) is 4.36. The summed E-state index contributed by atoms with van der Waals surface area (Å²) in [5, 5.41) is 11.6. The second-order valence-electron chi connectivity index (χ2n) is 5.73. The fourth-order valence-corrected chi connectivity index (χ4v) is 2.35. The first-order valence-corrected chi connectivity index (χ1v) is 8.04. The highest BCUT2D eigenvalue weighted by atomic mass is 16.5. The van der Waals surface area contributed by atoms with Crippen LogP contribution in [-0.2, 0) is 11.2 Å². The molecule has 0 saturated carbocycles. The fourth-order valence-electron chi connectivity index (χ4n) is 2.35. The normalized spacial score (nSPS) is 11.4. The van der Waals surface area contributed by atoms with E-state index in [1.54, 1.807) is 12.1 Å². The number of anilines is 1. The van der Waals surface area contributed by atoms with Gasteiger partial charge in [-0.3, -0.25) is 4.79 Å². The lowest BCUT2D eigenvalue weighted by atomic mass is 10.1. The van der Waals surface area contributed by atoms with E-state index in [2.05, 4.69) is 11.4 Å². The topological polar surface area (TPSA) is 62.1 Å². The first kappa shape index (κ1) is 17.6. The Labute approximate surface area is 143 Å². The van der Waals surface area contributed by atoms with Crippen LogP contribution in [0.2, 0.25) is 0 Å². The highest BCUT2D eigenvalue weighted by molar-refractivity contribution is 5.94. The molecule has 4 heteroatoms. The molecule has 1 amide bonds. The number of nitriles is 1. The Balaban J connectivity index is 2.06. The molecule has 0 bridgehead atoms. The minimum Gasteiger partial charge on any atom is -0.480 e. The van der Waals surface area contributed by atoms with E-state index in [0.717, 1.165) is 22.4 Å². The first-order valence-electron chi connectivity index (χ1n) is 8.04. The molecular weight excluding hydrogens is 300 g/mol. The third-order valence-corrected chi connectivity index (χ3v) is 3.99. The largest absolute Gasteiger partial charge is 0.480 e. The highest BCUT2D eigenvalue weighted by Gasteiger charge is 2.19. The third-order valence-electron chi connectivity index (χ3n) is 3.99. The van der Waals surface area contributed by atoms with E-state index in [4.69, 9.17) is 10.00 Å². The number of carbonyl (C=O) groups is 1. The molecule has 0 aliphatic carbocycles. The van der Waals surface area contributed by atoms with Gasteiger partial charge in [-0.1, -0.05) is 31.2 Å². The van der Waals surface area contributed by atoms with E-state index in [9.17, 15) is 4.79 Å². The van der Waals surface area contributed by atoms with Gasteiger partial charge in [-0.25, -0.2) is 0 Å². The number of nitrogens with one attached hydrogen (secondary N) is 1. The van der Waals surface area contributed by atoms with E-state index >= 15 is 0 Å². The summed E-state index contributed by atoms with van der Waals surface area (Å²) in [4.78, 5) is 12.5. The molecule has 0 aliphatic heterocycles. The number of aryl methyl sites for hydroxylation is 1. The number of benzene rings is 2. The van der Waals surface area contributed by atoms with Crippen LogP contribution in [0.1, 0.15) is 30.0 Å². The number of rotatable bonds is 6. The van der Waals surface area contributed by atoms with Crippen molar-refractivity contribution in [3.05, 3.63) is 59.2 Å². The molecule has 0 saturated heterocycles. The van der Waals surface area contributed by atoms with Crippen LogP contribution >= 0.6 is 0 Å². The van der Waals surface area contributed by atoms with Gasteiger partial charge in [0.1, 0.15) is 5.75 Å². The van der Waals surface area contributed by atoms with Gasteiger partial charge in [-0.15, -0.1) is 0 Å². The molecule has 4 nitrogen and oxygen atoms in total. The molecule has 0 aliphatic rings. The highest BCUT2D eigenvalue weighted by Crippen LogP contribution is 2.23. The van der Waals surface area contributed by atoms with Gasteiger partial charge < -0.3 is 10.1 Å². The molecule has 2 aromatic rings. The van der Waals surface area contributed by atoms with Crippen molar-refractivity contribution in [1.29, 1.82) is 5.26 Å². The summed E-state index contributed by atoms with van der Waals surface area (Å²) in [6.45, 7) is 5.93. The predicted molar refractivity (Wildman–Crippen MR) is 95.0 cm³/mol. The Morgan fingerprint density at radius 3 is 2.54 bits per heavy atom. The molecule has 0 aromatic heterocycles. The summed E-state index contributed by atoms with van der Waals surface area (Å²) in [5.41, 5.74) is 3.80.